The lowest BCUT2D eigenvalue weighted by atomic mass is 9.52. The average Bonchev–Trinajstić information content (AvgIpc) is 3.27. The first-order valence-electron chi connectivity index (χ1n) is 13.9. The summed E-state index contributed by atoms with van der Waals surface area (Å²) in [6.45, 7) is 1.37. The summed E-state index contributed by atoms with van der Waals surface area (Å²) in [6, 6.07) is 3.44. The highest BCUT2D eigenvalue weighted by molar-refractivity contribution is 5.87. The Morgan fingerprint density at radius 1 is 1.12 bits per heavy atom. The van der Waals surface area contributed by atoms with Crippen molar-refractivity contribution < 1.29 is 63.3 Å². The summed E-state index contributed by atoms with van der Waals surface area (Å²) in [7, 11) is 1.96. The number of carbonyl (C=O) groups excluding carboxylic acids is 3. The van der Waals surface area contributed by atoms with Gasteiger partial charge in [-0.15, -0.1) is 0 Å². The Balaban J connectivity index is 1.43. The third-order valence-corrected chi connectivity index (χ3v) is 8.90. The maximum absolute atomic E-state index is 13.2. The van der Waals surface area contributed by atoms with Crippen molar-refractivity contribution >= 4 is 29.8 Å². The van der Waals surface area contributed by atoms with Crippen LogP contribution in [0.1, 0.15) is 55.7 Å². The van der Waals surface area contributed by atoms with E-state index in [4.69, 9.17) is 24.1 Å². The van der Waals surface area contributed by atoms with Gasteiger partial charge in [0.05, 0.1) is 30.5 Å². The number of likely N-dealkylation sites (tertiary alicyclic amines) is 1. The highest BCUT2D eigenvalue weighted by atomic mass is 16.6. The molecule has 0 unspecified atom stereocenters. The summed E-state index contributed by atoms with van der Waals surface area (Å²) in [6.07, 6.45) is -3.41. The summed E-state index contributed by atoms with van der Waals surface area (Å²) in [5.74, 6) is -6.22. The lowest BCUT2D eigenvalue weighted by Gasteiger charge is -2.56. The van der Waals surface area contributed by atoms with Crippen LogP contribution < -0.4 is 4.74 Å². The van der Waals surface area contributed by atoms with E-state index in [1.54, 1.807) is 12.1 Å². The first-order valence-corrected chi connectivity index (χ1v) is 13.9. The van der Waals surface area contributed by atoms with Crippen molar-refractivity contribution in [1.82, 2.24) is 4.90 Å². The van der Waals surface area contributed by atoms with Crippen LogP contribution in [0.2, 0.25) is 0 Å². The van der Waals surface area contributed by atoms with Gasteiger partial charge < -0.3 is 44.3 Å². The van der Waals surface area contributed by atoms with Crippen LogP contribution in [0.4, 0.5) is 0 Å². The molecule has 1 saturated heterocycles. The van der Waals surface area contributed by atoms with E-state index in [1.165, 1.54) is 0 Å². The van der Waals surface area contributed by atoms with E-state index >= 15 is 0 Å². The van der Waals surface area contributed by atoms with Crippen LogP contribution in [0.25, 0.3) is 0 Å². The Morgan fingerprint density at radius 3 is 2.51 bits per heavy atom. The Bertz CT molecular complexity index is 1400. The minimum atomic E-state index is -2.08. The van der Waals surface area contributed by atoms with Crippen molar-refractivity contribution in [3.05, 3.63) is 40.7 Å². The zero-order valence-corrected chi connectivity index (χ0v) is 23.6. The molecule has 14 nitrogen and oxygen atoms in total. The number of esters is 3. The van der Waals surface area contributed by atoms with E-state index in [-0.39, 0.29) is 24.8 Å². The molecule has 2 bridgehead atoms. The molecule has 1 spiro atoms. The molecule has 2 aliphatic carbocycles. The van der Waals surface area contributed by atoms with Crippen LogP contribution in [0, 0.1) is 0 Å². The normalized spacial score (nSPS) is 28.2. The average molecular weight is 604 g/mol. The number of nitrogens with zero attached hydrogens (tertiary/aromatic N) is 1. The standard InChI is InChI=1S/C29H33NO13/c1-14(32)40-19(27(38)42-18(26(36)37)11-21(33)34)12-22(35)41-17-6-8-29(39)20-10-15-4-5-16(13-31)24-23(15)28(29,25(17)43-24)7-3-9-30(20)2/h4-6,18-20,25,31,39H,3,7-13H2,1-2H3,(H,33,34)(H,36,37)/t18-,19-,20+,25-,28-,29+/m0/s1. The summed E-state index contributed by atoms with van der Waals surface area (Å²) >= 11 is 0. The molecule has 4 N–H and O–H groups in total. The van der Waals surface area contributed by atoms with Crippen LogP contribution in [-0.4, -0.2) is 98.7 Å². The van der Waals surface area contributed by atoms with Crippen molar-refractivity contribution in [3.63, 3.8) is 0 Å². The molecule has 0 amide bonds. The quantitative estimate of drug-likeness (QED) is 0.208. The molecule has 232 valence electrons. The zero-order chi connectivity index (χ0) is 31.3. The fourth-order valence-corrected chi connectivity index (χ4v) is 7.14. The number of likely N-dealkylation sites (N-methyl/N-ethyl adjacent to an activating group) is 1. The number of hydrogen-bond donors (Lipinski definition) is 4. The Kier molecular flexibility index (Phi) is 7.96. The molecule has 6 atom stereocenters. The molecular formula is C29H33NO13. The van der Waals surface area contributed by atoms with Crippen LogP contribution in [0.5, 0.6) is 5.75 Å². The first-order chi connectivity index (χ1) is 20.3. The number of aliphatic hydroxyl groups excluding tert-OH is 1. The second kappa shape index (κ2) is 11.2. The van der Waals surface area contributed by atoms with Gasteiger partial charge in [0.2, 0.25) is 12.2 Å². The molecule has 2 aliphatic heterocycles. The number of aliphatic carboxylic acids is 2. The lowest BCUT2D eigenvalue weighted by Crippen LogP contribution is -2.69. The SMILES string of the molecule is CC(=O)O[C@@H](CC(=O)OC1=CC[C@@]2(O)[C@H]3Cc4ccc(CO)c5c4[C@@]2(CCCN3C)[C@H]1O5)C(=O)O[C@@H](CC(=O)O)C(=O)O. The monoisotopic (exact) mass is 603 g/mol. The van der Waals surface area contributed by atoms with Gasteiger partial charge in [0.1, 0.15) is 11.5 Å². The number of aliphatic hydroxyl groups is 2. The topological polar surface area (TPSA) is 206 Å². The highest BCUT2D eigenvalue weighted by Gasteiger charge is 2.70. The highest BCUT2D eigenvalue weighted by Crippen LogP contribution is 2.64. The number of ether oxygens (including phenoxy) is 4. The molecule has 5 rings (SSSR count). The van der Waals surface area contributed by atoms with Gasteiger partial charge in [-0.3, -0.25) is 14.4 Å². The summed E-state index contributed by atoms with van der Waals surface area (Å²) in [4.78, 5) is 62.0. The molecule has 0 saturated carbocycles. The van der Waals surface area contributed by atoms with Gasteiger partial charge in [0, 0.05) is 30.5 Å². The van der Waals surface area contributed by atoms with Gasteiger partial charge >= 0.3 is 29.8 Å². The molecule has 0 aromatic heterocycles. The van der Waals surface area contributed by atoms with E-state index in [0.29, 0.717) is 30.6 Å². The van der Waals surface area contributed by atoms with Crippen LogP contribution >= 0.6 is 0 Å². The third-order valence-electron chi connectivity index (χ3n) is 8.90. The number of carbonyl (C=O) groups is 5. The smallest absolute Gasteiger partial charge is 0.348 e. The number of hydrogen-bond acceptors (Lipinski definition) is 12. The first kappa shape index (κ1) is 30.4. The van der Waals surface area contributed by atoms with Crippen molar-refractivity contribution in [3.8, 4) is 5.75 Å². The third kappa shape index (κ3) is 5.02. The maximum atomic E-state index is 13.2. The van der Waals surface area contributed by atoms with Crippen molar-refractivity contribution in [2.24, 2.45) is 0 Å². The fraction of sp³-hybridized carbons (Fsp3) is 0.552. The largest absolute Gasteiger partial charge is 0.481 e. The van der Waals surface area contributed by atoms with E-state index in [0.717, 1.165) is 24.6 Å². The molecule has 1 fully saturated rings. The Hall–Kier alpha value is -4.01. The number of benzene rings is 1. The second-order valence-electron chi connectivity index (χ2n) is 11.4. The summed E-state index contributed by atoms with van der Waals surface area (Å²) in [5.41, 5.74) is 0.00174. The number of carboxylic acids is 2. The van der Waals surface area contributed by atoms with Crippen molar-refractivity contribution in [2.45, 2.75) is 87.4 Å². The molecule has 2 heterocycles. The second-order valence-corrected chi connectivity index (χ2v) is 11.4. The predicted molar refractivity (Wildman–Crippen MR) is 141 cm³/mol. The molecule has 43 heavy (non-hydrogen) atoms. The Labute approximate surface area is 245 Å². The molecule has 1 aromatic rings. The molecule has 14 heteroatoms. The van der Waals surface area contributed by atoms with Crippen LogP contribution in [0.15, 0.2) is 24.0 Å². The minimum Gasteiger partial charge on any atom is -0.481 e. The van der Waals surface area contributed by atoms with E-state index in [1.807, 2.05) is 13.1 Å². The number of carboxylic acid groups (broad SMARTS) is 2. The van der Waals surface area contributed by atoms with E-state index in [9.17, 15) is 39.3 Å². The van der Waals surface area contributed by atoms with E-state index < -0.39 is 72.0 Å². The van der Waals surface area contributed by atoms with Crippen LogP contribution in [0.3, 0.4) is 0 Å². The molecule has 4 aliphatic rings. The molecular weight excluding hydrogens is 570 g/mol. The van der Waals surface area contributed by atoms with Gasteiger partial charge in [0.15, 0.2) is 6.10 Å². The molecule has 1 aromatic carbocycles. The van der Waals surface area contributed by atoms with Gasteiger partial charge in [-0.1, -0.05) is 12.1 Å². The van der Waals surface area contributed by atoms with Gasteiger partial charge in [-0.25, -0.2) is 9.59 Å². The predicted octanol–water partition coefficient (Wildman–Crippen LogP) is 0.183. The fourth-order valence-electron chi connectivity index (χ4n) is 7.14. The van der Waals surface area contributed by atoms with Gasteiger partial charge in [-0.2, -0.15) is 0 Å². The van der Waals surface area contributed by atoms with Gasteiger partial charge in [0.25, 0.3) is 0 Å². The Morgan fingerprint density at radius 2 is 1.86 bits per heavy atom. The summed E-state index contributed by atoms with van der Waals surface area (Å²) in [5, 5.41) is 40.6. The van der Waals surface area contributed by atoms with Crippen molar-refractivity contribution in [1.29, 1.82) is 0 Å². The zero-order valence-electron chi connectivity index (χ0n) is 23.6. The van der Waals surface area contributed by atoms with E-state index in [2.05, 4.69) is 4.90 Å². The minimum absolute atomic E-state index is 0.0788. The number of rotatable bonds is 10. The lowest BCUT2D eigenvalue weighted by molar-refractivity contribution is -0.180. The molecule has 0 radical (unpaired) electrons. The summed E-state index contributed by atoms with van der Waals surface area (Å²) < 4.78 is 21.8. The maximum Gasteiger partial charge on any atom is 0.348 e. The van der Waals surface area contributed by atoms with Crippen molar-refractivity contribution in [2.75, 3.05) is 13.6 Å². The van der Waals surface area contributed by atoms with Crippen LogP contribution in [-0.2, 0) is 56.6 Å². The van der Waals surface area contributed by atoms with Gasteiger partial charge in [-0.05, 0) is 44.5 Å².